The number of amides is 8. The van der Waals surface area contributed by atoms with Crippen LogP contribution in [-0.2, 0) is 70.5 Å². The number of carbonyl (C=O) groups is 8. The summed E-state index contributed by atoms with van der Waals surface area (Å²) in [5.41, 5.74) is 16.4. The highest BCUT2D eigenvalue weighted by atomic mass is 16.2. The maximum absolute atomic E-state index is 14.4. The lowest BCUT2D eigenvalue weighted by Gasteiger charge is -2.31. The maximum Gasteiger partial charge on any atom is 0.245 e. The first-order valence-corrected chi connectivity index (χ1v) is 26.4. The summed E-state index contributed by atoms with van der Waals surface area (Å²) < 4.78 is 0. The van der Waals surface area contributed by atoms with E-state index in [1.54, 1.807) is 55.4 Å². The average Bonchev–Trinajstić information content (AvgIpc) is 4.34. The number of rotatable bonds is 27. The highest BCUT2D eigenvalue weighted by Crippen LogP contribution is 2.22. The number of nitrogen functional groups attached to an aromatic ring is 1. The second-order valence-electron chi connectivity index (χ2n) is 20.3. The third-order valence-electron chi connectivity index (χ3n) is 14.0. The van der Waals surface area contributed by atoms with Crippen molar-refractivity contribution in [2.24, 2.45) is 11.7 Å². The van der Waals surface area contributed by atoms with Gasteiger partial charge in [0.2, 0.25) is 47.3 Å². The van der Waals surface area contributed by atoms with Gasteiger partial charge in [-0.25, -0.2) is 9.97 Å². The van der Waals surface area contributed by atoms with E-state index >= 15 is 0 Å². The van der Waals surface area contributed by atoms with Crippen molar-refractivity contribution < 1.29 is 38.4 Å². The maximum atomic E-state index is 14.4. The van der Waals surface area contributed by atoms with Gasteiger partial charge in [-0.15, -0.1) is 0 Å². The Morgan fingerprint density at radius 3 is 1.87 bits per heavy atom. The standard InChI is InChI=1S/C56H71N15O8/c1-32(2)49(55(78)66-33(3)51(74)69-47(25-39-28-60-31-64-39)56(79)71-20-12-16-40(71)29-62-44(50(58)73)21-35-13-6-5-7-14-35)70-52(75)34(4)65-53(76)45(22-37-26-61-43-19-11-9-17-41(37)43)68-54(77)46(24-38-27-59-30-63-38)67-48(72)23-36-15-8-10-18-42(36)57/h5-11,13-15,17-19,26-28,30-34,40,44-47,49,61-62H,12,16,20-25,29,57H2,1-4H3,(H2,58,73)(H,59,63)(H,60,64)(H,65,76)(H,66,78)(H,67,72)(H,68,77)(H,69,74)(H,70,75)/t33-,34+,40-,44+,45+,46+,47+,49+/m1/s1. The molecule has 0 saturated carbocycles. The minimum Gasteiger partial charge on any atom is -0.398 e. The zero-order valence-electron chi connectivity index (χ0n) is 44.7. The minimum absolute atomic E-state index is 0.000816. The van der Waals surface area contributed by atoms with Gasteiger partial charge >= 0.3 is 0 Å². The molecule has 1 saturated heterocycles. The number of nitrogens with two attached hydrogens (primary N) is 2. The van der Waals surface area contributed by atoms with E-state index in [1.165, 1.54) is 32.7 Å². The van der Waals surface area contributed by atoms with Crippen LogP contribution in [0.4, 0.5) is 5.69 Å². The molecule has 8 amide bonds. The van der Waals surface area contributed by atoms with Crippen LogP contribution in [0.2, 0.25) is 0 Å². The van der Waals surface area contributed by atoms with Crippen molar-refractivity contribution in [1.29, 1.82) is 0 Å². The van der Waals surface area contributed by atoms with Crippen LogP contribution in [0.3, 0.4) is 0 Å². The van der Waals surface area contributed by atoms with Crippen molar-refractivity contribution in [2.45, 2.75) is 121 Å². The molecule has 0 spiro atoms. The van der Waals surface area contributed by atoms with Gasteiger partial charge in [0.1, 0.15) is 36.3 Å². The van der Waals surface area contributed by atoms with Crippen molar-refractivity contribution >= 4 is 63.8 Å². The van der Waals surface area contributed by atoms with E-state index < -0.39 is 89.6 Å². The number of H-pyrrole nitrogens is 3. The number of fused-ring (bicyclic) bond motifs is 1. The number of aromatic amines is 3. The lowest BCUT2D eigenvalue weighted by atomic mass is 10.0. The van der Waals surface area contributed by atoms with E-state index in [0.717, 1.165) is 16.5 Å². The van der Waals surface area contributed by atoms with Gasteiger partial charge in [-0.2, -0.15) is 0 Å². The Morgan fingerprint density at radius 1 is 0.620 bits per heavy atom. The smallest absolute Gasteiger partial charge is 0.245 e. The minimum atomic E-state index is -1.27. The molecule has 3 aromatic carbocycles. The van der Waals surface area contributed by atoms with Crippen LogP contribution >= 0.6 is 0 Å². The van der Waals surface area contributed by atoms with E-state index in [9.17, 15) is 38.4 Å². The van der Waals surface area contributed by atoms with Gasteiger partial charge in [0.15, 0.2) is 0 Å². The summed E-state index contributed by atoms with van der Waals surface area (Å²) >= 11 is 0. The Balaban J connectivity index is 0.989. The number of aromatic nitrogens is 5. The first-order valence-electron chi connectivity index (χ1n) is 26.4. The Hall–Kier alpha value is -8.86. The van der Waals surface area contributed by atoms with Gasteiger partial charge < -0.3 is 68.5 Å². The second kappa shape index (κ2) is 27.5. The average molecular weight is 1080 g/mol. The molecule has 14 N–H and O–H groups in total. The van der Waals surface area contributed by atoms with Gasteiger partial charge in [-0.1, -0.05) is 80.6 Å². The van der Waals surface area contributed by atoms with Gasteiger partial charge in [-0.05, 0) is 67.9 Å². The molecule has 418 valence electrons. The number of hydrogen-bond donors (Lipinski definition) is 12. The highest BCUT2D eigenvalue weighted by molar-refractivity contribution is 5.98. The Morgan fingerprint density at radius 2 is 1.22 bits per heavy atom. The van der Waals surface area contributed by atoms with E-state index in [-0.39, 0.29) is 44.2 Å². The van der Waals surface area contributed by atoms with Crippen LogP contribution in [0.15, 0.2) is 110 Å². The van der Waals surface area contributed by atoms with Crippen LogP contribution in [0.25, 0.3) is 10.9 Å². The SMILES string of the molecule is CC(C)[C@H](NC(=O)[C@H](C)NC(=O)[C@H](Cc1c[nH]c2ccccc12)NC(=O)[C@H](Cc1cnc[nH]1)NC(=O)Cc1ccccc1N)C(=O)N[C@H](C)C(=O)N[C@@H](Cc1cnc[nH]1)C(=O)N1CCC[C@@H]1CN[C@@H](Cc1ccccc1)C(N)=O. The largest absolute Gasteiger partial charge is 0.398 e. The molecule has 3 aromatic heterocycles. The van der Waals surface area contributed by atoms with Crippen LogP contribution < -0.4 is 48.7 Å². The first kappa shape index (κ1) is 57.8. The van der Waals surface area contributed by atoms with Gasteiger partial charge in [0, 0.05) is 85.0 Å². The summed E-state index contributed by atoms with van der Waals surface area (Å²) in [5, 5.41) is 20.6. The fourth-order valence-corrected chi connectivity index (χ4v) is 9.56. The van der Waals surface area contributed by atoms with Crippen molar-refractivity contribution in [3.63, 3.8) is 0 Å². The predicted molar refractivity (Wildman–Crippen MR) is 295 cm³/mol. The molecule has 23 nitrogen and oxygen atoms in total. The molecule has 0 unspecified atom stereocenters. The first-order chi connectivity index (χ1) is 37.9. The van der Waals surface area contributed by atoms with Crippen LogP contribution in [0.5, 0.6) is 0 Å². The lowest BCUT2D eigenvalue weighted by Crippen LogP contribution is -2.60. The number of para-hydroxylation sites is 2. The summed E-state index contributed by atoms with van der Waals surface area (Å²) in [4.78, 5) is 130. The van der Waals surface area contributed by atoms with Crippen LogP contribution in [0.1, 0.15) is 68.6 Å². The Kier molecular flexibility index (Phi) is 20.1. The third-order valence-corrected chi connectivity index (χ3v) is 14.0. The number of benzene rings is 3. The molecular weight excluding hydrogens is 1010 g/mol. The summed E-state index contributed by atoms with van der Waals surface area (Å²) in [5.74, 6) is -5.38. The number of imidazole rings is 2. The predicted octanol–water partition coefficient (Wildman–Crippen LogP) is 0.749. The number of likely N-dealkylation sites (tertiary alicyclic amines) is 1. The zero-order valence-corrected chi connectivity index (χ0v) is 44.7. The molecule has 8 atom stereocenters. The topological polar surface area (TPSA) is 349 Å². The summed E-state index contributed by atoms with van der Waals surface area (Å²) in [6.07, 6.45) is 9.35. The monoisotopic (exact) mass is 1080 g/mol. The van der Waals surface area contributed by atoms with Crippen molar-refractivity contribution in [3.8, 4) is 0 Å². The number of anilines is 1. The van der Waals surface area contributed by atoms with Crippen LogP contribution in [-0.4, -0.2) is 139 Å². The van der Waals surface area contributed by atoms with Crippen molar-refractivity contribution in [2.75, 3.05) is 18.8 Å². The number of primary amides is 1. The van der Waals surface area contributed by atoms with Crippen molar-refractivity contribution in [1.82, 2.24) is 67.0 Å². The number of carbonyl (C=O) groups excluding carboxylic acids is 8. The third kappa shape index (κ3) is 16.1. The molecule has 7 rings (SSSR count). The number of hydrogen-bond acceptors (Lipinski definition) is 12. The molecule has 0 bridgehead atoms. The summed E-state index contributed by atoms with van der Waals surface area (Å²) in [7, 11) is 0. The molecule has 79 heavy (non-hydrogen) atoms. The molecule has 6 aromatic rings. The van der Waals surface area contributed by atoms with E-state index in [4.69, 9.17) is 11.5 Å². The van der Waals surface area contributed by atoms with Crippen molar-refractivity contribution in [3.05, 3.63) is 138 Å². The van der Waals surface area contributed by atoms with E-state index in [0.29, 0.717) is 54.0 Å². The quantitative estimate of drug-likeness (QED) is 0.0318. The summed E-state index contributed by atoms with van der Waals surface area (Å²) in [6.45, 7) is 6.99. The molecule has 0 radical (unpaired) electrons. The van der Waals surface area contributed by atoms with Crippen LogP contribution in [0, 0.1) is 5.92 Å². The normalized spacial score (nSPS) is 15.9. The fraction of sp³-hybridized carbons (Fsp3) is 0.393. The molecule has 0 aliphatic carbocycles. The molecule has 1 aliphatic rings. The molecule has 1 fully saturated rings. The van der Waals surface area contributed by atoms with Gasteiger partial charge in [0.05, 0.1) is 25.1 Å². The van der Waals surface area contributed by atoms with E-state index in [2.05, 4.69) is 62.1 Å². The molecule has 1 aliphatic heterocycles. The lowest BCUT2D eigenvalue weighted by molar-refractivity contribution is -0.138. The number of nitrogens with zero attached hydrogens (tertiary/aromatic N) is 3. The highest BCUT2D eigenvalue weighted by Gasteiger charge is 2.37. The fourth-order valence-electron chi connectivity index (χ4n) is 9.56. The molecular formula is C56H71N15O8. The Labute approximate surface area is 457 Å². The second-order valence-corrected chi connectivity index (χ2v) is 20.3. The summed E-state index contributed by atoms with van der Waals surface area (Å²) in [6, 6.07) is 15.7. The van der Waals surface area contributed by atoms with Gasteiger partial charge in [0.25, 0.3) is 0 Å². The number of nitrogens with one attached hydrogen (secondary N) is 10. The Bertz CT molecular complexity index is 3040. The zero-order chi connectivity index (χ0) is 56.6. The molecule has 4 heterocycles. The molecule has 23 heteroatoms. The van der Waals surface area contributed by atoms with E-state index in [1.807, 2.05) is 54.6 Å². The van der Waals surface area contributed by atoms with Gasteiger partial charge in [-0.3, -0.25) is 38.4 Å².